The molecular weight excluding hydrogens is 403 g/mol. The molecule has 0 saturated heterocycles. The van der Waals surface area contributed by atoms with E-state index in [4.69, 9.17) is 11.6 Å². The fourth-order valence-corrected chi connectivity index (χ4v) is 3.81. The summed E-state index contributed by atoms with van der Waals surface area (Å²) in [7, 11) is -7.78. The molecule has 0 atom stereocenters. The van der Waals surface area contributed by atoms with Gasteiger partial charge in [0.1, 0.15) is 0 Å². The molecule has 0 heterocycles. The molecule has 0 aliphatic heterocycles. The summed E-state index contributed by atoms with van der Waals surface area (Å²) in [4.78, 5) is -0.655. The summed E-state index contributed by atoms with van der Waals surface area (Å²) in [6.45, 7) is 0. The average Bonchev–Trinajstić information content (AvgIpc) is 2.45. The van der Waals surface area contributed by atoms with Crippen LogP contribution < -0.4 is 4.72 Å². The summed E-state index contributed by atoms with van der Waals surface area (Å²) in [5.74, 6) is 0. The largest absolute Gasteiger partial charge is 0.417 e. The monoisotopic (exact) mass is 413 g/mol. The molecule has 0 amide bonds. The zero-order valence-electron chi connectivity index (χ0n) is 12.5. The second kappa shape index (κ2) is 6.50. The third-order valence-corrected chi connectivity index (χ3v) is 5.93. The number of sulfonamides is 1. The summed E-state index contributed by atoms with van der Waals surface area (Å²) in [6, 6.07) is 6.93. The molecule has 5 nitrogen and oxygen atoms in total. The third-order valence-electron chi connectivity index (χ3n) is 3.09. The topological polar surface area (TPSA) is 80.3 Å². The molecule has 1 N–H and O–H groups in total. The van der Waals surface area contributed by atoms with E-state index in [0.717, 1.165) is 18.4 Å². The van der Waals surface area contributed by atoms with Crippen LogP contribution >= 0.6 is 11.6 Å². The van der Waals surface area contributed by atoms with Crippen LogP contribution in [0.5, 0.6) is 0 Å². The number of benzene rings is 2. The lowest BCUT2D eigenvalue weighted by atomic mass is 10.2. The van der Waals surface area contributed by atoms with Gasteiger partial charge in [0, 0.05) is 11.9 Å². The lowest BCUT2D eigenvalue weighted by molar-refractivity contribution is -0.137. The van der Waals surface area contributed by atoms with Gasteiger partial charge < -0.3 is 0 Å². The minimum Gasteiger partial charge on any atom is -0.280 e. The molecule has 0 saturated carbocycles. The zero-order valence-corrected chi connectivity index (χ0v) is 14.9. The zero-order chi connectivity index (χ0) is 19.0. The first-order valence-corrected chi connectivity index (χ1v) is 10.3. The fraction of sp³-hybridized carbons (Fsp3) is 0.143. The summed E-state index contributed by atoms with van der Waals surface area (Å²) < 4.78 is 87.8. The number of nitrogens with one attached hydrogen (secondary N) is 1. The van der Waals surface area contributed by atoms with E-state index < -0.39 is 41.5 Å². The number of hydrogen-bond acceptors (Lipinski definition) is 4. The number of rotatable bonds is 4. The lowest BCUT2D eigenvalue weighted by Crippen LogP contribution is -2.15. The standard InChI is InChI=1S/C14H11ClF3NO4S2/c1-24(20,21)10-4-2-9(3-5-10)19-25(22,23)11-6-7-13(15)12(8-11)14(16,17)18/h2-8,19H,1H3. The maximum atomic E-state index is 12.8. The Bertz CT molecular complexity index is 1000. The van der Waals surface area contributed by atoms with Gasteiger partial charge in [0.15, 0.2) is 9.84 Å². The minimum absolute atomic E-state index is 0.00379. The lowest BCUT2D eigenvalue weighted by Gasteiger charge is -2.12. The number of hydrogen-bond donors (Lipinski definition) is 1. The summed E-state index contributed by atoms with van der Waals surface area (Å²) in [5, 5.41) is -0.621. The van der Waals surface area contributed by atoms with Crippen LogP contribution in [0.2, 0.25) is 5.02 Å². The van der Waals surface area contributed by atoms with Gasteiger partial charge in [0.25, 0.3) is 10.0 Å². The smallest absolute Gasteiger partial charge is 0.280 e. The highest BCUT2D eigenvalue weighted by molar-refractivity contribution is 7.92. The highest BCUT2D eigenvalue weighted by Crippen LogP contribution is 2.36. The van der Waals surface area contributed by atoms with Gasteiger partial charge in [0.2, 0.25) is 0 Å². The molecule has 0 radical (unpaired) electrons. The Labute approximate surface area is 147 Å². The van der Waals surface area contributed by atoms with Crippen molar-refractivity contribution in [2.75, 3.05) is 11.0 Å². The number of anilines is 1. The van der Waals surface area contributed by atoms with Crippen molar-refractivity contribution >= 4 is 37.1 Å². The quantitative estimate of drug-likeness (QED) is 0.831. The molecule has 0 spiro atoms. The molecule has 0 aromatic heterocycles. The Hall–Kier alpha value is -1.78. The third kappa shape index (κ3) is 4.65. The highest BCUT2D eigenvalue weighted by Gasteiger charge is 2.34. The van der Waals surface area contributed by atoms with Gasteiger partial charge in [-0.2, -0.15) is 13.2 Å². The molecule has 25 heavy (non-hydrogen) atoms. The maximum Gasteiger partial charge on any atom is 0.417 e. The van der Waals surface area contributed by atoms with E-state index in [1.807, 2.05) is 0 Å². The molecule has 0 bridgehead atoms. The first-order chi connectivity index (χ1) is 11.3. The van der Waals surface area contributed by atoms with Gasteiger partial charge in [-0.15, -0.1) is 0 Å². The second-order valence-electron chi connectivity index (χ2n) is 5.04. The van der Waals surface area contributed by atoms with Gasteiger partial charge >= 0.3 is 6.18 Å². The van der Waals surface area contributed by atoms with Crippen LogP contribution in [-0.2, 0) is 26.0 Å². The predicted octanol–water partition coefficient (Wildman–Crippen LogP) is 3.56. The van der Waals surface area contributed by atoms with Gasteiger partial charge in [-0.25, -0.2) is 16.8 Å². The Balaban J connectivity index is 2.37. The van der Waals surface area contributed by atoms with Crippen molar-refractivity contribution in [2.24, 2.45) is 0 Å². The van der Waals surface area contributed by atoms with E-state index in [-0.39, 0.29) is 10.6 Å². The number of sulfone groups is 1. The van der Waals surface area contributed by atoms with Gasteiger partial charge in [-0.1, -0.05) is 11.6 Å². The molecule has 136 valence electrons. The summed E-state index contributed by atoms with van der Waals surface area (Å²) in [5.41, 5.74) is -1.28. The van der Waals surface area contributed by atoms with Gasteiger partial charge in [-0.05, 0) is 42.5 Å². The van der Waals surface area contributed by atoms with Crippen LogP contribution in [0, 0.1) is 0 Å². The van der Waals surface area contributed by atoms with Crippen LogP contribution in [0.4, 0.5) is 18.9 Å². The molecule has 0 aliphatic rings. The maximum absolute atomic E-state index is 12.8. The molecule has 11 heteroatoms. The molecule has 2 aromatic rings. The van der Waals surface area contributed by atoms with E-state index in [9.17, 15) is 30.0 Å². The molecule has 0 aliphatic carbocycles. The van der Waals surface area contributed by atoms with Crippen LogP contribution in [0.25, 0.3) is 0 Å². The van der Waals surface area contributed by atoms with Crippen molar-refractivity contribution in [1.29, 1.82) is 0 Å². The first-order valence-electron chi connectivity index (χ1n) is 6.50. The van der Waals surface area contributed by atoms with Crippen molar-refractivity contribution < 1.29 is 30.0 Å². The normalized spacial score (nSPS) is 12.8. The van der Waals surface area contributed by atoms with Crippen molar-refractivity contribution in [3.63, 3.8) is 0 Å². The van der Waals surface area contributed by atoms with Crippen LogP contribution in [0.15, 0.2) is 52.3 Å². The molecule has 0 unspecified atom stereocenters. The van der Waals surface area contributed by atoms with E-state index in [1.165, 1.54) is 24.3 Å². The van der Waals surface area contributed by atoms with Crippen LogP contribution in [0.1, 0.15) is 5.56 Å². The summed E-state index contributed by atoms with van der Waals surface area (Å²) >= 11 is 5.46. The minimum atomic E-state index is -4.81. The molecular formula is C14H11ClF3NO4S2. The number of alkyl halides is 3. The van der Waals surface area contributed by atoms with Crippen LogP contribution in [0.3, 0.4) is 0 Å². The molecule has 2 aromatic carbocycles. The Morgan fingerprint density at radius 3 is 1.92 bits per heavy atom. The highest BCUT2D eigenvalue weighted by atomic mass is 35.5. The van der Waals surface area contributed by atoms with Crippen molar-refractivity contribution in [3.05, 3.63) is 53.1 Å². The Morgan fingerprint density at radius 2 is 1.44 bits per heavy atom. The first kappa shape index (κ1) is 19.5. The van der Waals surface area contributed by atoms with Gasteiger partial charge in [-0.3, -0.25) is 4.72 Å². The predicted molar refractivity (Wildman–Crippen MR) is 86.8 cm³/mol. The van der Waals surface area contributed by atoms with Crippen molar-refractivity contribution in [1.82, 2.24) is 0 Å². The van der Waals surface area contributed by atoms with Crippen molar-refractivity contribution in [3.8, 4) is 0 Å². The van der Waals surface area contributed by atoms with Crippen molar-refractivity contribution in [2.45, 2.75) is 16.0 Å². The number of halogens is 4. The second-order valence-corrected chi connectivity index (χ2v) is 9.15. The Morgan fingerprint density at radius 1 is 0.920 bits per heavy atom. The molecule has 0 fully saturated rings. The molecule has 2 rings (SSSR count). The van der Waals surface area contributed by atoms with E-state index >= 15 is 0 Å². The SMILES string of the molecule is CS(=O)(=O)c1ccc(NS(=O)(=O)c2ccc(Cl)c(C(F)(F)F)c2)cc1. The van der Waals surface area contributed by atoms with Crippen LogP contribution in [-0.4, -0.2) is 23.1 Å². The van der Waals surface area contributed by atoms with E-state index in [2.05, 4.69) is 4.72 Å². The Kier molecular flexibility index (Phi) is 5.08. The summed E-state index contributed by atoms with van der Waals surface area (Å²) in [6.07, 6.45) is -3.82. The fourth-order valence-electron chi connectivity index (χ4n) is 1.87. The van der Waals surface area contributed by atoms with E-state index in [1.54, 1.807) is 0 Å². The van der Waals surface area contributed by atoms with E-state index in [0.29, 0.717) is 6.07 Å². The van der Waals surface area contributed by atoms with Gasteiger partial charge in [0.05, 0.1) is 20.4 Å². The average molecular weight is 414 g/mol.